The number of anilines is 1. The normalized spacial score (nSPS) is 15.6. The van der Waals surface area contributed by atoms with E-state index in [9.17, 15) is 14.0 Å². The summed E-state index contributed by atoms with van der Waals surface area (Å²) in [6, 6.07) is 12.6. The Morgan fingerprint density at radius 3 is 2.75 bits per heavy atom. The van der Waals surface area contributed by atoms with Crippen molar-refractivity contribution in [3.8, 4) is 17.1 Å². The number of rotatable bonds is 7. The summed E-state index contributed by atoms with van der Waals surface area (Å²) in [5.41, 5.74) is 0.996. The summed E-state index contributed by atoms with van der Waals surface area (Å²) in [5.74, 6) is 0.814. The Morgan fingerprint density at radius 1 is 1.11 bits per heavy atom. The van der Waals surface area contributed by atoms with Crippen molar-refractivity contribution in [1.82, 2.24) is 34.8 Å². The minimum absolute atomic E-state index is 0.0659. The highest BCUT2D eigenvalue weighted by Crippen LogP contribution is 2.22. The molecule has 0 spiro atoms. The topological polar surface area (TPSA) is 111 Å². The minimum atomic E-state index is -0.339. The number of benzene rings is 1. The van der Waals surface area contributed by atoms with Gasteiger partial charge in [0.25, 0.3) is 5.56 Å². The van der Waals surface area contributed by atoms with E-state index in [-0.39, 0.29) is 36.3 Å². The first-order valence-electron chi connectivity index (χ1n) is 11.8. The molecular formula is C25H25FN8O2. The molecule has 1 aliphatic heterocycles. The van der Waals surface area contributed by atoms with Gasteiger partial charge in [-0.25, -0.2) is 23.7 Å². The van der Waals surface area contributed by atoms with Crippen LogP contribution in [0.15, 0.2) is 72.0 Å². The van der Waals surface area contributed by atoms with E-state index < -0.39 is 0 Å². The zero-order valence-corrected chi connectivity index (χ0v) is 19.5. The molecule has 5 rings (SSSR count). The molecule has 184 valence electrons. The minimum Gasteiger partial charge on any atom is -0.356 e. The maximum atomic E-state index is 13.2. The summed E-state index contributed by atoms with van der Waals surface area (Å²) < 4.78 is 16.2. The van der Waals surface area contributed by atoms with Crippen molar-refractivity contribution in [1.29, 1.82) is 0 Å². The summed E-state index contributed by atoms with van der Waals surface area (Å²) in [6.45, 7) is 1.84. The molecule has 0 unspecified atom stereocenters. The lowest BCUT2D eigenvalue weighted by Crippen LogP contribution is -2.44. The molecule has 1 atom stereocenters. The summed E-state index contributed by atoms with van der Waals surface area (Å²) >= 11 is 0. The Morgan fingerprint density at radius 2 is 1.94 bits per heavy atom. The van der Waals surface area contributed by atoms with Crippen LogP contribution in [0.4, 0.5) is 10.2 Å². The second-order valence-electron chi connectivity index (χ2n) is 8.55. The molecule has 1 saturated heterocycles. The van der Waals surface area contributed by atoms with E-state index in [2.05, 4.69) is 30.4 Å². The van der Waals surface area contributed by atoms with Crippen LogP contribution in [0.5, 0.6) is 0 Å². The summed E-state index contributed by atoms with van der Waals surface area (Å²) in [7, 11) is 0. The maximum Gasteiger partial charge on any atom is 0.266 e. The summed E-state index contributed by atoms with van der Waals surface area (Å²) in [6.07, 6.45) is 6.64. The highest BCUT2D eigenvalue weighted by atomic mass is 19.1. The lowest BCUT2D eigenvalue weighted by molar-refractivity contribution is -0.125. The second-order valence-corrected chi connectivity index (χ2v) is 8.55. The number of carbonyl (C=O) groups is 1. The van der Waals surface area contributed by atoms with Crippen LogP contribution in [0.2, 0.25) is 0 Å². The standard InChI is InChI=1S/C25H25FN8O2/c26-20-6-4-18(5-7-20)21-8-9-24(35)34(31-21)14-11-27-25(36)19-3-1-12-32(16-19)22-15-23(29-17-28-22)33-13-2-10-30-33/h2,4-10,13,15,17,19H,1,3,11-12,14,16H2,(H,27,36)/t19-/m1/s1. The van der Waals surface area contributed by atoms with Crippen LogP contribution in [-0.2, 0) is 11.3 Å². The molecule has 1 fully saturated rings. The number of halogens is 1. The number of amides is 1. The predicted octanol–water partition coefficient (Wildman–Crippen LogP) is 2.06. The molecule has 4 aromatic rings. The fourth-order valence-corrected chi connectivity index (χ4v) is 4.25. The third kappa shape index (κ3) is 5.29. The smallest absolute Gasteiger partial charge is 0.266 e. The largest absolute Gasteiger partial charge is 0.356 e. The second kappa shape index (κ2) is 10.5. The molecule has 0 bridgehead atoms. The lowest BCUT2D eigenvalue weighted by atomic mass is 9.97. The first kappa shape index (κ1) is 23.3. The quantitative estimate of drug-likeness (QED) is 0.424. The van der Waals surface area contributed by atoms with E-state index in [0.29, 0.717) is 23.6 Å². The molecule has 0 radical (unpaired) electrons. The highest BCUT2D eigenvalue weighted by molar-refractivity contribution is 5.79. The fraction of sp³-hybridized carbons (Fsp3) is 0.280. The van der Waals surface area contributed by atoms with Crippen molar-refractivity contribution >= 4 is 11.7 Å². The van der Waals surface area contributed by atoms with Gasteiger partial charge in [0.1, 0.15) is 18.0 Å². The number of nitrogens with zero attached hydrogens (tertiary/aromatic N) is 7. The van der Waals surface area contributed by atoms with E-state index in [1.807, 2.05) is 18.3 Å². The SMILES string of the molecule is O=C(NCCn1nc(-c2ccc(F)cc2)ccc1=O)[C@@H]1CCCN(c2cc(-n3cccn3)ncn2)C1. The molecule has 1 N–H and O–H groups in total. The van der Waals surface area contributed by atoms with Crippen LogP contribution in [0.3, 0.4) is 0 Å². The molecule has 10 nitrogen and oxygen atoms in total. The summed E-state index contributed by atoms with van der Waals surface area (Å²) in [4.78, 5) is 35.9. The van der Waals surface area contributed by atoms with Gasteiger partial charge in [0.05, 0.1) is 18.2 Å². The number of hydrogen-bond acceptors (Lipinski definition) is 7. The van der Waals surface area contributed by atoms with Crippen molar-refractivity contribution < 1.29 is 9.18 Å². The van der Waals surface area contributed by atoms with Gasteiger partial charge in [0, 0.05) is 49.7 Å². The predicted molar refractivity (Wildman–Crippen MR) is 131 cm³/mol. The van der Waals surface area contributed by atoms with Gasteiger partial charge in [-0.15, -0.1) is 0 Å². The highest BCUT2D eigenvalue weighted by Gasteiger charge is 2.26. The van der Waals surface area contributed by atoms with Gasteiger partial charge < -0.3 is 10.2 Å². The van der Waals surface area contributed by atoms with E-state index in [0.717, 1.165) is 25.2 Å². The number of aromatic nitrogens is 6. The van der Waals surface area contributed by atoms with E-state index >= 15 is 0 Å². The molecular weight excluding hydrogens is 463 g/mol. The zero-order chi connectivity index (χ0) is 24.9. The molecule has 36 heavy (non-hydrogen) atoms. The van der Waals surface area contributed by atoms with Gasteiger partial charge in [0.2, 0.25) is 5.91 Å². The van der Waals surface area contributed by atoms with Gasteiger partial charge in [-0.1, -0.05) is 0 Å². The van der Waals surface area contributed by atoms with Gasteiger partial charge in [0.15, 0.2) is 5.82 Å². The number of piperidine rings is 1. The van der Waals surface area contributed by atoms with Crippen LogP contribution in [0.1, 0.15) is 12.8 Å². The van der Waals surface area contributed by atoms with Crippen LogP contribution >= 0.6 is 0 Å². The number of hydrogen-bond donors (Lipinski definition) is 1. The van der Waals surface area contributed by atoms with Gasteiger partial charge >= 0.3 is 0 Å². The molecule has 1 amide bonds. The van der Waals surface area contributed by atoms with E-state index in [1.54, 1.807) is 29.1 Å². The van der Waals surface area contributed by atoms with Gasteiger partial charge in [-0.3, -0.25) is 9.59 Å². The molecule has 11 heteroatoms. The van der Waals surface area contributed by atoms with Crippen molar-refractivity contribution in [2.45, 2.75) is 19.4 Å². The molecule has 1 aliphatic rings. The number of nitrogens with one attached hydrogen (secondary N) is 1. The number of carbonyl (C=O) groups excluding carboxylic acids is 1. The van der Waals surface area contributed by atoms with Crippen LogP contribution in [0.25, 0.3) is 17.1 Å². The van der Waals surface area contributed by atoms with Crippen LogP contribution in [-0.4, -0.2) is 55.1 Å². The van der Waals surface area contributed by atoms with Gasteiger partial charge in [-0.2, -0.15) is 10.2 Å². The van der Waals surface area contributed by atoms with Crippen LogP contribution < -0.4 is 15.8 Å². The monoisotopic (exact) mass is 488 g/mol. The third-order valence-corrected chi connectivity index (χ3v) is 6.12. The van der Waals surface area contributed by atoms with E-state index in [1.165, 1.54) is 29.2 Å². The van der Waals surface area contributed by atoms with Crippen molar-refractivity contribution in [3.05, 3.63) is 83.4 Å². The fourth-order valence-electron chi connectivity index (χ4n) is 4.25. The zero-order valence-electron chi connectivity index (χ0n) is 19.5. The van der Waals surface area contributed by atoms with Crippen molar-refractivity contribution in [3.63, 3.8) is 0 Å². The Balaban J connectivity index is 1.19. The molecule has 4 heterocycles. The molecule has 0 saturated carbocycles. The Hall–Kier alpha value is -4.41. The average Bonchev–Trinajstić information content (AvgIpc) is 3.46. The Labute approximate surface area is 206 Å². The molecule has 0 aliphatic carbocycles. The van der Waals surface area contributed by atoms with E-state index in [4.69, 9.17) is 0 Å². The lowest BCUT2D eigenvalue weighted by Gasteiger charge is -2.32. The Kier molecular flexibility index (Phi) is 6.78. The Bertz CT molecular complexity index is 1390. The molecule has 1 aromatic carbocycles. The van der Waals surface area contributed by atoms with Crippen LogP contribution in [0, 0.1) is 11.7 Å². The summed E-state index contributed by atoms with van der Waals surface area (Å²) in [5, 5.41) is 11.5. The first-order chi connectivity index (χ1) is 17.6. The average molecular weight is 489 g/mol. The third-order valence-electron chi connectivity index (χ3n) is 6.12. The maximum absolute atomic E-state index is 13.2. The first-order valence-corrected chi connectivity index (χ1v) is 11.8. The molecule has 3 aromatic heterocycles. The van der Waals surface area contributed by atoms with Crippen molar-refractivity contribution in [2.24, 2.45) is 5.92 Å². The van der Waals surface area contributed by atoms with Crippen molar-refractivity contribution in [2.75, 3.05) is 24.5 Å². The van der Waals surface area contributed by atoms with Gasteiger partial charge in [-0.05, 0) is 49.2 Å².